The molecule has 6 heteroatoms. The van der Waals surface area contributed by atoms with E-state index < -0.39 is 5.41 Å². The minimum absolute atomic E-state index is 0.0381. The van der Waals surface area contributed by atoms with Gasteiger partial charge in [0.05, 0.1) is 28.2 Å². The monoisotopic (exact) mass is 1400 g/mol. The zero-order valence-electron chi connectivity index (χ0n) is 60.6. The number of pyridine rings is 2. The van der Waals surface area contributed by atoms with E-state index in [2.05, 4.69) is 370 Å². The van der Waals surface area contributed by atoms with E-state index in [-0.39, 0.29) is 5.41 Å². The molecule has 3 aliphatic rings. The van der Waals surface area contributed by atoms with Crippen molar-refractivity contribution in [2.75, 3.05) is 0 Å². The fourth-order valence-electron chi connectivity index (χ4n) is 17.2. The van der Waals surface area contributed by atoms with Gasteiger partial charge in [-0.3, -0.25) is 9.97 Å². The van der Waals surface area contributed by atoms with Crippen molar-refractivity contribution in [2.45, 2.75) is 24.7 Å². The zero-order chi connectivity index (χ0) is 73.3. The Morgan fingerprint density at radius 1 is 0.200 bits per heavy atom. The van der Waals surface area contributed by atoms with Crippen LogP contribution in [0.5, 0.6) is 0 Å². The number of nitrogens with zero attached hydrogens (tertiary/aromatic N) is 6. The molecule has 6 nitrogen and oxygen atoms in total. The van der Waals surface area contributed by atoms with E-state index in [1.54, 1.807) is 6.20 Å². The molecule has 0 atom stereocenters. The highest BCUT2D eigenvalue weighted by Gasteiger charge is 2.51. The molecule has 0 saturated carbocycles. The van der Waals surface area contributed by atoms with Gasteiger partial charge in [0.15, 0.2) is 11.6 Å². The molecule has 18 aromatic rings. The van der Waals surface area contributed by atoms with Crippen LogP contribution in [-0.2, 0) is 10.8 Å². The van der Waals surface area contributed by atoms with Gasteiger partial charge in [-0.15, -0.1) is 0 Å². The number of hydrogen-bond acceptors (Lipinski definition) is 6. The number of rotatable bonds is 11. The van der Waals surface area contributed by atoms with Gasteiger partial charge in [-0.25, -0.2) is 19.9 Å². The summed E-state index contributed by atoms with van der Waals surface area (Å²) in [4.78, 5) is 29.8. The molecular formula is C104H70N6. The Kier molecular flexibility index (Phi) is 16.0. The van der Waals surface area contributed by atoms with Crippen molar-refractivity contribution in [3.63, 3.8) is 0 Å². The largest absolute Gasteiger partial charge is 0.264 e. The molecule has 1 spiro atoms. The zero-order valence-corrected chi connectivity index (χ0v) is 60.6. The van der Waals surface area contributed by atoms with E-state index in [1.807, 2.05) is 36.8 Å². The maximum absolute atomic E-state index is 5.39. The predicted octanol–water partition coefficient (Wildman–Crippen LogP) is 25.9. The van der Waals surface area contributed by atoms with Gasteiger partial charge in [0.25, 0.3) is 0 Å². The van der Waals surface area contributed by atoms with E-state index in [1.165, 1.54) is 99.8 Å². The fraction of sp³-hybridized carbons (Fsp3) is 0.0385. The first-order valence-corrected chi connectivity index (χ1v) is 37.6. The number of fused-ring (bicyclic) bond motifs is 14. The summed E-state index contributed by atoms with van der Waals surface area (Å²) in [6.45, 7) is 4.66. The van der Waals surface area contributed by atoms with Gasteiger partial charge in [0.2, 0.25) is 0 Å². The Balaban J connectivity index is 0.000000146. The third-order valence-corrected chi connectivity index (χ3v) is 22.6. The molecule has 0 amide bonds. The second-order valence-corrected chi connectivity index (χ2v) is 29.3. The molecule has 0 N–H and O–H groups in total. The lowest BCUT2D eigenvalue weighted by Crippen LogP contribution is -2.25. The predicted molar refractivity (Wildman–Crippen MR) is 451 cm³/mol. The lowest BCUT2D eigenvalue weighted by molar-refractivity contribution is 0.660. The molecule has 110 heavy (non-hydrogen) atoms. The van der Waals surface area contributed by atoms with Crippen molar-refractivity contribution in [1.82, 2.24) is 29.9 Å². The van der Waals surface area contributed by atoms with Crippen LogP contribution in [0.15, 0.2) is 389 Å². The van der Waals surface area contributed by atoms with Crippen LogP contribution in [0.3, 0.4) is 0 Å². The van der Waals surface area contributed by atoms with Crippen LogP contribution in [0.2, 0.25) is 0 Å². The van der Waals surface area contributed by atoms with Gasteiger partial charge in [-0.2, -0.15) is 0 Å². The van der Waals surface area contributed by atoms with Gasteiger partial charge in [-0.05, 0) is 176 Å². The Hall–Kier alpha value is -14.2. The van der Waals surface area contributed by atoms with Gasteiger partial charge >= 0.3 is 0 Å². The normalized spacial score (nSPS) is 12.8. The molecule has 0 unspecified atom stereocenters. The number of hydrogen-bond donors (Lipinski definition) is 0. The molecule has 0 aliphatic heterocycles. The van der Waals surface area contributed by atoms with Crippen LogP contribution in [0.1, 0.15) is 47.2 Å². The highest BCUT2D eigenvalue weighted by Crippen LogP contribution is 2.63. The van der Waals surface area contributed by atoms with Gasteiger partial charge < -0.3 is 0 Å². The first kappa shape index (κ1) is 65.3. The maximum Gasteiger partial charge on any atom is 0.160 e. The fourth-order valence-corrected chi connectivity index (χ4v) is 17.2. The highest BCUT2D eigenvalue weighted by atomic mass is 14.9. The maximum atomic E-state index is 5.39. The van der Waals surface area contributed by atoms with Crippen LogP contribution < -0.4 is 0 Å². The third kappa shape index (κ3) is 11.3. The standard InChI is InChI=1S/C56H35N3.C48H35N3/c1-2-17-43-36(12-1)13-10-21-44(43)37-25-27-38(28-26-37)53-34-54(40-15-9-14-39(32-40)42-16-11-31-57-35-42)59-55(58-53)41-29-30-48-47-20-5-8-24-51(47)56(52(48)33-41)49-22-6-3-18-45(49)46-19-4-7-23-50(46)56;1-48(2)43-16-7-6-15-41(43)42-26-25-38(29-44(42)48)33-17-21-35(22-18-33)45-30-46(36-23-19-34(20-24-36)40-14-9-27-49-31-40)51-47(50-45)39-13-8-12-37(28-39)32-10-4-3-5-11-32/h1-35H;3-31H,1-2H3. The van der Waals surface area contributed by atoms with Crippen LogP contribution in [-0.4, -0.2) is 29.9 Å². The summed E-state index contributed by atoms with van der Waals surface area (Å²) in [5, 5.41) is 2.48. The van der Waals surface area contributed by atoms with E-state index in [4.69, 9.17) is 19.9 Å². The summed E-state index contributed by atoms with van der Waals surface area (Å²) >= 11 is 0. The number of benzene rings is 14. The average molecular weight is 1400 g/mol. The molecular weight excluding hydrogens is 1330 g/mol. The van der Waals surface area contributed by atoms with Crippen molar-refractivity contribution in [3.8, 4) is 157 Å². The Labute approximate surface area is 640 Å². The summed E-state index contributed by atoms with van der Waals surface area (Å²) in [5.41, 5.74) is 36.3. The SMILES string of the molecule is CC1(C)c2ccccc2-c2ccc(-c3ccc(-c4cc(-c5ccc(-c6cccnc6)cc5)nc(-c5cccc(-c6ccccc6)c5)n4)cc3)cc21.c1cncc(-c2cccc(-c3cc(-c4ccc(-c5cccc6ccccc56)cc4)nc(-c4ccc5c(c4)C4(c6ccccc6-c6ccccc64)c4ccccc4-5)n3)c2)c1. The summed E-state index contributed by atoms with van der Waals surface area (Å²) in [7, 11) is 0. The van der Waals surface area contributed by atoms with Crippen LogP contribution >= 0.6 is 0 Å². The Morgan fingerprint density at radius 2 is 0.536 bits per heavy atom. The lowest BCUT2D eigenvalue weighted by atomic mass is 9.70. The quantitative estimate of drug-likeness (QED) is 0.128. The lowest BCUT2D eigenvalue weighted by Gasteiger charge is -2.30. The van der Waals surface area contributed by atoms with Crippen molar-refractivity contribution in [2.24, 2.45) is 0 Å². The summed E-state index contributed by atoms with van der Waals surface area (Å²) in [6.07, 6.45) is 7.41. The van der Waals surface area contributed by atoms with Crippen molar-refractivity contribution in [1.29, 1.82) is 0 Å². The Morgan fingerprint density at radius 3 is 1.11 bits per heavy atom. The molecule has 14 aromatic carbocycles. The van der Waals surface area contributed by atoms with Crippen LogP contribution in [0.25, 0.3) is 168 Å². The van der Waals surface area contributed by atoms with E-state index >= 15 is 0 Å². The molecule has 0 bridgehead atoms. The Bertz CT molecular complexity index is 6520. The van der Waals surface area contributed by atoms with Gasteiger partial charge in [-0.1, -0.05) is 329 Å². The topological polar surface area (TPSA) is 77.3 Å². The highest BCUT2D eigenvalue weighted by molar-refractivity contribution is 5.98. The smallest absolute Gasteiger partial charge is 0.160 e. The minimum atomic E-state index is -0.453. The average Bonchev–Trinajstić information content (AvgIpc) is 1.51. The molecule has 4 aromatic heterocycles. The summed E-state index contributed by atoms with van der Waals surface area (Å²) in [5.74, 6) is 1.39. The molecule has 0 radical (unpaired) electrons. The first-order valence-electron chi connectivity index (χ1n) is 37.6. The van der Waals surface area contributed by atoms with E-state index in [0.29, 0.717) is 11.6 Å². The summed E-state index contributed by atoms with van der Waals surface area (Å²) in [6, 6.07) is 130. The third-order valence-electron chi connectivity index (χ3n) is 22.6. The summed E-state index contributed by atoms with van der Waals surface area (Å²) < 4.78 is 0. The second kappa shape index (κ2) is 27.0. The molecule has 516 valence electrons. The molecule has 21 rings (SSSR count). The van der Waals surface area contributed by atoms with Crippen LogP contribution in [0, 0.1) is 0 Å². The molecule has 3 aliphatic carbocycles. The van der Waals surface area contributed by atoms with Crippen LogP contribution in [0.4, 0.5) is 0 Å². The van der Waals surface area contributed by atoms with Crippen molar-refractivity contribution < 1.29 is 0 Å². The molecule has 0 fully saturated rings. The van der Waals surface area contributed by atoms with Gasteiger partial charge in [0.1, 0.15) is 0 Å². The van der Waals surface area contributed by atoms with E-state index in [0.717, 1.165) is 89.5 Å². The molecule has 4 heterocycles. The first-order chi connectivity index (χ1) is 54.2. The van der Waals surface area contributed by atoms with Crippen molar-refractivity contribution in [3.05, 3.63) is 422 Å². The second-order valence-electron chi connectivity index (χ2n) is 29.3. The minimum Gasteiger partial charge on any atom is -0.264 e. The van der Waals surface area contributed by atoms with E-state index in [9.17, 15) is 0 Å². The van der Waals surface area contributed by atoms with Crippen molar-refractivity contribution >= 4 is 10.8 Å². The van der Waals surface area contributed by atoms with Gasteiger partial charge in [0, 0.05) is 69.1 Å². The molecule has 0 saturated heterocycles. The number of aromatic nitrogens is 6.